The van der Waals surface area contributed by atoms with Crippen LogP contribution in [0.15, 0.2) is 41.0 Å². The van der Waals surface area contributed by atoms with Gasteiger partial charge in [0, 0.05) is 10.3 Å². The van der Waals surface area contributed by atoms with Gasteiger partial charge >= 0.3 is 0 Å². The second kappa shape index (κ2) is 9.14. The molecule has 0 radical (unpaired) electrons. The smallest absolute Gasteiger partial charge is 0.228 e. The lowest BCUT2D eigenvalue weighted by Gasteiger charge is -2.32. The van der Waals surface area contributed by atoms with Gasteiger partial charge in [-0.3, -0.25) is 4.79 Å². The molecule has 4 nitrogen and oxygen atoms in total. The molecule has 3 aromatic rings. The Labute approximate surface area is 176 Å². The minimum Gasteiger partial charge on any atom is -0.461 e. The van der Waals surface area contributed by atoms with Crippen LogP contribution in [-0.4, -0.2) is 30.3 Å². The number of hydrogen-bond acceptors (Lipinski definition) is 5. The van der Waals surface area contributed by atoms with E-state index in [2.05, 4.69) is 11.8 Å². The average molecular weight is 411 g/mol. The lowest BCUT2D eigenvalue weighted by atomic mass is 9.88. The highest BCUT2D eigenvalue weighted by atomic mass is 32.1. The van der Waals surface area contributed by atoms with Crippen molar-refractivity contribution >= 4 is 32.2 Å². The third-order valence-electron chi connectivity index (χ3n) is 6.09. The van der Waals surface area contributed by atoms with Gasteiger partial charge in [0.05, 0.1) is 11.3 Å². The topological polar surface area (TPSA) is 59.5 Å². The minimum atomic E-state index is -0.0745. The number of likely N-dealkylation sites (tertiary alicyclic amines) is 1. The third kappa shape index (κ3) is 4.41. The Kier molecular flexibility index (Phi) is 6.36. The Morgan fingerprint density at radius 3 is 2.76 bits per heavy atom. The number of benzene rings is 1. The van der Waals surface area contributed by atoms with E-state index in [4.69, 9.17) is 10.2 Å². The van der Waals surface area contributed by atoms with Crippen molar-refractivity contribution in [3.8, 4) is 0 Å². The van der Waals surface area contributed by atoms with E-state index in [-0.39, 0.29) is 5.78 Å². The lowest BCUT2D eigenvalue weighted by Crippen LogP contribution is -2.33. The first-order valence-corrected chi connectivity index (χ1v) is 11.6. The predicted octanol–water partition coefficient (Wildman–Crippen LogP) is 6.07. The number of unbranched alkanes of at least 4 members (excludes halogenated alkanes) is 3. The largest absolute Gasteiger partial charge is 0.461 e. The van der Waals surface area contributed by atoms with E-state index in [1.807, 2.05) is 18.2 Å². The Balaban J connectivity index is 1.50. The van der Waals surface area contributed by atoms with Crippen LogP contribution >= 0.6 is 11.3 Å². The predicted molar refractivity (Wildman–Crippen MR) is 121 cm³/mol. The summed E-state index contributed by atoms with van der Waals surface area (Å²) < 4.78 is 6.46. The van der Waals surface area contributed by atoms with E-state index in [1.165, 1.54) is 44.1 Å². The van der Waals surface area contributed by atoms with Gasteiger partial charge in [0.1, 0.15) is 0 Å². The number of ketones is 1. The summed E-state index contributed by atoms with van der Waals surface area (Å²) in [7, 11) is 0. The zero-order chi connectivity index (χ0) is 20.2. The second-order valence-electron chi connectivity index (χ2n) is 8.07. The molecule has 29 heavy (non-hydrogen) atoms. The summed E-state index contributed by atoms with van der Waals surface area (Å²) in [5, 5.41) is 2.05. The highest BCUT2D eigenvalue weighted by Gasteiger charge is 2.25. The number of hydrogen-bond donors (Lipinski definition) is 1. The molecular formula is C24H30N2O2S. The number of fused-ring (bicyclic) bond motifs is 1. The fraction of sp³-hybridized carbons (Fsp3) is 0.458. The number of thiophene rings is 1. The molecule has 0 bridgehead atoms. The number of nitrogen functional groups attached to an aromatic ring is 1. The second-order valence-corrected chi connectivity index (χ2v) is 9.16. The number of carbonyl (C=O) groups excluding carboxylic acids is 1. The van der Waals surface area contributed by atoms with Crippen molar-refractivity contribution in [2.45, 2.75) is 51.4 Å². The molecule has 1 saturated heterocycles. The van der Waals surface area contributed by atoms with Gasteiger partial charge in [-0.2, -0.15) is 0 Å². The number of nitrogens with zero attached hydrogens (tertiary/aromatic N) is 1. The molecule has 3 heterocycles. The monoisotopic (exact) mass is 410 g/mol. The highest BCUT2D eigenvalue weighted by molar-refractivity contribution is 7.22. The molecule has 1 aliphatic heterocycles. The number of furan rings is 1. The Hall–Kier alpha value is -2.11. The minimum absolute atomic E-state index is 0.0745. The normalized spacial score (nSPS) is 15.9. The molecule has 0 atom stereocenters. The van der Waals surface area contributed by atoms with E-state index in [1.54, 1.807) is 23.5 Å². The molecule has 0 spiro atoms. The first-order valence-electron chi connectivity index (χ1n) is 10.8. The van der Waals surface area contributed by atoms with Crippen molar-refractivity contribution in [1.29, 1.82) is 0 Å². The Bertz CT molecular complexity index is 953. The lowest BCUT2D eigenvalue weighted by molar-refractivity contribution is 0.101. The summed E-state index contributed by atoms with van der Waals surface area (Å²) in [6, 6.07) is 9.38. The summed E-state index contributed by atoms with van der Waals surface area (Å²) in [4.78, 5) is 15.3. The quantitative estimate of drug-likeness (QED) is 0.362. The van der Waals surface area contributed by atoms with Gasteiger partial charge in [0.2, 0.25) is 5.78 Å². The van der Waals surface area contributed by atoms with Crippen LogP contribution in [0.3, 0.4) is 0 Å². The number of anilines is 1. The van der Waals surface area contributed by atoms with Crippen molar-refractivity contribution < 1.29 is 9.21 Å². The van der Waals surface area contributed by atoms with Gasteiger partial charge in [-0.05, 0) is 86.1 Å². The number of rotatable bonds is 8. The molecule has 2 N–H and O–H groups in total. The molecule has 0 aliphatic carbocycles. The SMILES string of the molecule is CCCCCCN1CCC(c2c(N)sc3ccc(C(=O)c4ccco4)cc23)CC1. The zero-order valence-electron chi connectivity index (χ0n) is 17.2. The molecule has 5 heteroatoms. The van der Waals surface area contributed by atoms with E-state index >= 15 is 0 Å². The summed E-state index contributed by atoms with van der Waals surface area (Å²) in [6.07, 6.45) is 9.09. The van der Waals surface area contributed by atoms with E-state index in [9.17, 15) is 4.79 Å². The number of nitrogens with two attached hydrogens (primary N) is 1. The summed E-state index contributed by atoms with van der Waals surface area (Å²) >= 11 is 1.64. The van der Waals surface area contributed by atoms with Crippen LogP contribution in [0.5, 0.6) is 0 Å². The van der Waals surface area contributed by atoms with Gasteiger partial charge in [-0.25, -0.2) is 0 Å². The molecule has 2 aromatic heterocycles. The maximum atomic E-state index is 12.7. The van der Waals surface area contributed by atoms with Crippen LogP contribution in [0.4, 0.5) is 5.00 Å². The van der Waals surface area contributed by atoms with Crippen LogP contribution in [0.1, 0.15) is 73.0 Å². The van der Waals surface area contributed by atoms with Crippen molar-refractivity contribution in [2.24, 2.45) is 0 Å². The third-order valence-corrected chi connectivity index (χ3v) is 7.10. The van der Waals surface area contributed by atoms with Crippen LogP contribution in [0, 0.1) is 0 Å². The molecular weight excluding hydrogens is 380 g/mol. The first-order chi connectivity index (χ1) is 14.2. The van der Waals surface area contributed by atoms with E-state index in [0.29, 0.717) is 17.2 Å². The Morgan fingerprint density at radius 2 is 2.03 bits per heavy atom. The average Bonchev–Trinajstić information content (AvgIpc) is 3.38. The van der Waals surface area contributed by atoms with Gasteiger partial charge in [-0.15, -0.1) is 11.3 Å². The van der Waals surface area contributed by atoms with Crippen LogP contribution < -0.4 is 5.73 Å². The Morgan fingerprint density at radius 1 is 1.21 bits per heavy atom. The molecule has 0 unspecified atom stereocenters. The summed E-state index contributed by atoms with van der Waals surface area (Å²) in [6.45, 7) is 5.75. The molecule has 0 saturated carbocycles. The van der Waals surface area contributed by atoms with Gasteiger partial charge in [0.15, 0.2) is 5.76 Å². The van der Waals surface area contributed by atoms with Crippen molar-refractivity contribution in [1.82, 2.24) is 4.90 Å². The van der Waals surface area contributed by atoms with Crippen LogP contribution in [0.2, 0.25) is 0 Å². The molecule has 1 aliphatic rings. The van der Waals surface area contributed by atoms with Gasteiger partial charge in [0.25, 0.3) is 0 Å². The number of carbonyl (C=O) groups is 1. The standard InChI is InChI=1S/C24H30N2O2S/c1-2-3-4-5-12-26-13-10-17(11-14-26)22-19-16-18(8-9-21(19)29-24(22)25)23(27)20-7-6-15-28-20/h6-9,15-17H,2-5,10-14,25H2,1H3. The summed E-state index contributed by atoms with van der Waals surface area (Å²) in [5.74, 6) is 0.782. The maximum Gasteiger partial charge on any atom is 0.228 e. The fourth-order valence-corrected chi connectivity index (χ4v) is 5.49. The zero-order valence-corrected chi connectivity index (χ0v) is 18.0. The van der Waals surface area contributed by atoms with Crippen molar-refractivity contribution in [3.63, 3.8) is 0 Å². The molecule has 0 amide bonds. The van der Waals surface area contributed by atoms with Crippen LogP contribution in [-0.2, 0) is 0 Å². The van der Waals surface area contributed by atoms with Crippen molar-refractivity contribution in [3.05, 3.63) is 53.5 Å². The molecule has 4 rings (SSSR count). The summed E-state index contributed by atoms with van der Waals surface area (Å²) in [5.41, 5.74) is 8.38. The maximum absolute atomic E-state index is 12.7. The number of piperidine rings is 1. The molecule has 1 aromatic carbocycles. The first kappa shape index (κ1) is 20.2. The van der Waals surface area contributed by atoms with Gasteiger partial charge < -0.3 is 15.1 Å². The van der Waals surface area contributed by atoms with Crippen LogP contribution in [0.25, 0.3) is 10.1 Å². The van der Waals surface area contributed by atoms with Gasteiger partial charge in [-0.1, -0.05) is 26.2 Å². The highest BCUT2D eigenvalue weighted by Crippen LogP contribution is 2.42. The molecule has 1 fully saturated rings. The van der Waals surface area contributed by atoms with E-state index < -0.39 is 0 Å². The molecule has 154 valence electrons. The van der Waals surface area contributed by atoms with E-state index in [0.717, 1.165) is 41.0 Å². The van der Waals surface area contributed by atoms with Crippen molar-refractivity contribution in [2.75, 3.05) is 25.4 Å². The fourth-order valence-electron chi connectivity index (χ4n) is 4.46.